The van der Waals surface area contributed by atoms with E-state index in [4.69, 9.17) is 11.6 Å². The molecule has 1 heterocycles. The normalized spacial score (nSPS) is 22.3. The topological polar surface area (TPSA) is 29.9 Å². The number of halogens is 2. The summed E-state index contributed by atoms with van der Waals surface area (Å²) in [6.07, 6.45) is 9.48. The van der Waals surface area contributed by atoms with Crippen LogP contribution in [0.4, 0.5) is 0 Å². The molecular formula is C15H17BrClN3. The van der Waals surface area contributed by atoms with E-state index >= 15 is 0 Å². The first-order valence-electron chi connectivity index (χ1n) is 6.89. The standard InChI is InChI=1S/C15H17BrClN3/c16-12-4-5-13(17)11(8-12)9-19-14-2-1-3-15(14)20-7-6-18-10-20/h4-8,10,14-15,19H,1-3,9H2. The van der Waals surface area contributed by atoms with E-state index in [2.05, 4.69) is 43.1 Å². The number of hydrogen-bond donors (Lipinski definition) is 1. The smallest absolute Gasteiger partial charge is 0.0949 e. The van der Waals surface area contributed by atoms with Crippen LogP contribution in [0.25, 0.3) is 0 Å². The molecule has 1 saturated carbocycles. The molecule has 2 atom stereocenters. The van der Waals surface area contributed by atoms with Crippen molar-refractivity contribution in [2.75, 3.05) is 0 Å². The molecule has 1 aromatic heterocycles. The molecule has 3 nitrogen and oxygen atoms in total. The first-order valence-corrected chi connectivity index (χ1v) is 8.06. The van der Waals surface area contributed by atoms with Crippen molar-refractivity contribution < 1.29 is 0 Å². The van der Waals surface area contributed by atoms with Crippen molar-refractivity contribution in [2.45, 2.75) is 37.9 Å². The van der Waals surface area contributed by atoms with Crippen LogP contribution in [-0.4, -0.2) is 15.6 Å². The maximum absolute atomic E-state index is 6.24. The Labute approximate surface area is 132 Å². The Morgan fingerprint density at radius 2 is 2.30 bits per heavy atom. The number of nitrogens with one attached hydrogen (secondary N) is 1. The first-order chi connectivity index (χ1) is 9.74. The van der Waals surface area contributed by atoms with E-state index in [9.17, 15) is 0 Å². The van der Waals surface area contributed by atoms with E-state index < -0.39 is 0 Å². The molecule has 5 heteroatoms. The van der Waals surface area contributed by atoms with E-state index in [1.807, 2.05) is 24.7 Å². The second kappa shape index (κ2) is 6.29. The molecule has 0 amide bonds. The Bertz CT molecular complexity index is 571. The molecule has 1 N–H and O–H groups in total. The van der Waals surface area contributed by atoms with Gasteiger partial charge in [0.2, 0.25) is 0 Å². The molecule has 20 heavy (non-hydrogen) atoms. The van der Waals surface area contributed by atoms with Gasteiger partial charge in [-0.3, -0.25) is 0 Å². The summed E-state index contributed by atoms with van der Waals surface area (Å²) in [6, 6.07) is 6.97. The number of rotatable bonds is 4. The molecule has 1 fully saturated rings. The summed E-state index contributed by atoms with van der Waals surface area (Å²) in [5.41, 5.74) is 1.14. The largest absolute Gasteiger partial charge is 0.333 e. The van der Waals surface area contributed by atoms with Crippen LogP contribution in [0.3, 0.4) is 0 Å². The Morgan fingerprint density at radius 3 is 3.10 bits per heavy atom. The van der Waals surface area contributed by atoms with Crippen molar-refractivity contribution in [2.24, 2.45) is 0 Å². The molecule has 3 rings (SSSR count). The van der Waals surface area contributed by atoms with Crippen molar-refractivity contribution in [3.63, 3.8) is 0 Å². The molecule has 1 aliphatic rings. The van der Waals surface area contributed by atoms with Gasteiger partial charge in [-0.2, -0.15) is 0 Å². The van der Waals surface area contributed by atoms with Crippen molar-refractivity contribution in [3.05, 3.63) is 52.0 Å². The Hall–Kier alpha value is -0.840. The van der Waals surface area contributed by atoms with Gasteiger partial charge in [0.15, 0.2) is 0 Å². The van der Waals surface area contributed by atoms with Crippen LogP contribution in [0.15, 0.2) is 41.4 Å². The van der Waals surface area contributed by atoms with Gasteiger partial charge in [-0.05, 0) is 43.0 Å². The molecule has 0 spiro atoms. The fraction of sp³-hybridized carbons (Fsp3) is 0.400. The lowest BCUT2D eigenvalue weighted by Crippen LogP contribution is -2.33. The van der Waals surface area contributed by atoms with Crippen molar-refractivity contribution >= 4 is 27.5 Å². The van der Waals surface area contributed by atoms with Crippen LogP contribution >= 0.6 is 27.5 Å². The highest BCUT2D eigenvalue weighted by atomic mass is 79.9. The zero-order valence-corrected chi connectivity index (χ0v) is 13.4. The van der Waals surface area contributed by atoms with Gasteiger partial charge in [0, 0.05) is 40.5 Å². The van der Waals surface area contributed by atoms with Crippen molar-refractivity contribution in [3.8, 4) is 0 Å². The van der Waals surface area contributed by atoms with Gasteiger partial charge in [-0.15, -0.1) is 0 Å². The second-order valence-corrected chi connectivity index (χ2v) is 6.55. The van der Waals surface area contributed by atoms with E-state index in [1.165, 1.54) is 19.3 Å². The number of hydrogen-bond acceptors (Lipinski definition) is 2. The molecule has 0 aliphatic heterocycles. The molecule has 1 aromatic carbocycles. The number of aromatic nitrogens is 2. The number of benzene rings is 1. The fourth-order valence-corrected chi connectivity index (χ4v) is 3.51. The van der Waals surface area contributed by atoms with Gasteiger partial charge in [0.25, 0.3) is 0 Å². The third-order valence-corrected chi connectivity index (χ3v) is 4.81. The van der Waals surface area contributed by atoms with Gasteiger partial charge in [-0.1, -0.05) is 27.5 Å². The summed E-state index contributed by atoms with van der Waals surface area (Å²) in [7, 11) is 0. The molecule has 2 aromatic rings. The first kappa shape index (κ1) is 14.1. The summed E-state index contributed by atoms with van der Waals surface area (Å²) >= 11 is 9.74. The molecule has 0 radical (unpaired) electrons. The summed E-state index contributed by atoms with van der Waals surface area (Å²) in [5, 5.41) is 4.47. The maximum Gasteiger partial charge on any atom is 0.0949 e. The molecular weight excluding hydrogens is 338 g/mol. The SMILES string of the molecule is Clc1ccc(Br)cc1CNC1CCCC1n1ccnc1. The summed E-state index contributed by atoms with van der Waals surface area (Å²) in [6.45, 7) is 0.800. The molecule has 0 bridgehead atoms. The van der Waals surface area contributed by atoms with E-state index in [-0.39, 0.29) is 0 Å². The molecule has 106 valence electrons. The summed E-state index contributed by atoms with van der Waals surface area (Å²) in [5.74, 6) is 0. The minimum absolute atomic E-state index is 0.485. The maximum atomic E-state index is 6.24. The molecule has 0 saturated heterocycles. The third kappa shape index (κ3) is 3.08. The zero-order valence-electron chi connectivity index (χ0n) is 11.1. The third-order valence-electron chi connectivity index (χ3n) is 3.95. The van der Waals surface area contributed by atoms with Crippen LogP contribution in [0.5, 0.6) is 0 Å². The highest BCUT2D eigenvalue weighted by molar-refractivity contribution is 9.10. The summed E-state index contributed by atoms with van der Waals surface area (Å²) < 4.78 is 3.28. The van der Waals surface area contributed by atoms with Crippen LogP contribution < -0.4 is 5.32 Å². The number of imidazole rings is 1. The quantitative estimate of drug-likeness (QED) is 0.892. The lowest BCUT2D eigenvalue weighted by molar-refractivity contribution is 0.390. The highest BCUT2D eigenvalue weighted by Gasteiger charge is 2.27. The van der Waals surface area contributed by atoms with E-state index in [1.54, 1.807) is 0 Å². The van der Waals surface area contributed by atoms with Gasteiger partial charge in [0.05, 0.1) is 6.33 Å². The monoisotopic (exact) mass is 353 g/mol. The van der Waals surface area contributed by atoms with Crippen LogP contribution in [-0.2, 0) is 6.54 Å². The second-order valence-electron chi connectivity index (χ2n) is 5.23. The van der Waals surface area contributed by atoms with E-state index in [0.717, 1.165) is 21.6 Å². The van der Waals surface area contributed by atoms with Gasteiger partial charge in [0.1, 0.15) is 0 Å². The van der Waals surface area contributed by atoms with Crippen LogP contribution in [0.2, 0.25) is 5.02 Å². The Morgan fingerprint density at radius 1 is 1.40 bits per heavy atom. The fourth-order valence-electron chi connectivity index (χ4n) is 2.92. The lowest BCUT2D eigenvalue weighted by atomic mass is 10.1. The minimum Gasteiger partial charge on any atom is -0.333 e. The molecule has 1 aliphatic carbocycles. The van der Waals surface area contributed by atoms with Crippen LogP contribution in [0, 0.1) is 0 Å². The highest BCUT2D eigenvalue weighted by Crippen LogP contribution is 2.30. The van der Waals surface area contributed by atoms with Crippen molar-refractivity contribution in [1.82, 2.24) is 14.9 Å². The van der Waals surface area contributed by atoms with Crippen LogP contribution in [0.1, 0.15) is 30.9 Å². The average Bonchev–Trinajstić information content (AvgIpc) is 3.09. The predicted octanol–water partition coefficient (Wildman–Crippen LogP) is 4.18. The lowest BCUT2D eigenvalue weighted by Gasteiger charge is -2.22. The Balaban J connectivity index is 1.67. The number of nitrogens with zero attached hydrogens (tertiary/aromatic N) is 2. The zero-order chi connectivity index (χ0) is 13.9. The van der Waals surface area contributed by atoms with E-state index in [0.29, 0.717) is 12.1 Å². The summed E-state index contributed by atoms with van der Waals surface area (Å²) in [4.78, 5) is 4.15. The average molecular weight is 355 g/mol. The Kier molecular flexibility index (Phi) is 4.44. The van der Waals surface area contributed by atoms with Gasteiger partial charge < -0.3 is 9.88 Å². The van der Waals surface area contributed by atoms with Gasteiger partial charge >= 0.3 is 0 Å². The molecule has 2 unspecified atom stereocenters. The van der Waals surface area contributed by atoms with Gasteiger partial charge in [-0.25, -0.2) is 4.98 Å². The van der Waals surface area contributed by atoms with Crippen molar-refractivity contribution in [1.29, 1.82) is 0 Å². The predicted molar refractivity (Wildman–Crippen MR) is 84.9 cm³/mol. The minimum atomic E-state index is 0.485.